The molecule has 2 rings (SSSR count). The van der Waals surface area contributed by atoms with Gasteiger partial charge in [-0.05, 0) is 36.6 Å². The Labute approximate surface area is 152 Å². The first-order valence-corrected chi connectivity index (χ1v) is 8.22. The molecule has 0 aromatic heterocycles. The van der Waals surface area contributed by atoms with Crippen LogP contribution in [0.4, 0.5) is 0 Å². The number of methoxy groups -OCH3 is 1. The lowest BCUT2D eigenvalue weighted by molar-refractivity contribution is -0.222. The standard InChI is InChI=1S/C19H21NO6/c1-19(2)25-17(21)14(18(22)26-19)11-13-7-8-15(23-3)16(12-13)24-10-6-4-5-9-20/h7-8,11-12H,4-6,10H2,1-3H3. The molecule has 0 aliphatic carbocycles. The third-order valence-corrected chi connectivity index (χ3v) is 3.56. The number of hydrogen-bond donors (Lipinski definition) is 0. The predicted octanol–water partition coefficient (Wildman–Crippen LogP) is 2.99. The summed E-state index contributed by atoms with van der Waals surface area (Å²) in [5, 5.41) is 8.54. The monoisotopic (exact) mass is 359 g/mol. The van der Waals surface area contributed by atoms with Gasteiger partial charge >= 0.3 is 11.9 Å². The fourth-order valence-electron chi connectivity index (χ4n) is 2.33. The molecule has 1 aliphatic rings. The molecule has 1 aromatic rings. The van der Waals surface area contributed by atoms with E-state index in [1.54, 1.807) is 18.2 Å². The fourth-order valence-corrected chi connectivity index (χ4v) is 2.33. The Bertz CT molecular complexity index is 738. The van der Waals surface area contributed by atoms with E-state index in [1.165, 1.54) is 27.0 Å². The van der Waals surface area contributed by atoms with Gasteiger partial charge in [0.2, 0.25) is 0 Å². The van der Waals surface area contributed by atoms with Crippen LogP contribution in [0, 0.1) is 11.3 Å². The smallest absolute Gasteiger partial charge is 0.348 e. The summed E-state index contributed by atoms with van der Waals surface area (Å²) in [6.07, 6.45) is 3.35. The molecule has 0 N–H and O–H groups in total. The Morgan fingerprint density at radius 2 is 1.85 bits per heavy atom. The highest BCUT2D eigenvalue weighted by atomic mass is 16.7. The van der Waals surface area contributed by atoms with Crippen LogP contribution in [0.25, 0.3) is 6.08 Å². The molecule has 7 heteroatoms. The summed E-state index contributed by atoms with van der Waals surface area (Å²) in [5.41, 5.74) is 0.385. The van der Waals surface area contributed by atoms with Crippen LogP contribution in [0.2, 0.25) is 0 Å². The first-order chi connectivity index (χ1) is 12.4. The summed E-state index contributed by atoms with van der Waals surface area (Å²) in [6, 6.07) is 7.12. The van der Waals surface area contributed by atoms with E-state index in [0.717, 1.165) is 12.8 Å². The van der Waals surface area contributed by atoms with Gasteiger partial charge in [0.05, 0.1) is 19.8 Å². The second-order valence-corrected chi connectivity index (χ2v) is 6.11. The highest BCUT2D eigenvalue weighted by Gasteiger charge is 2.38. The number of benzene rings is 1. The highest BCUT2D eigenvalue weighted by Crippen LogP contribution is 2.30. The number of nitriles is 1. The molecule has 26 heavy (non-hydrogen) atoms. The molecule has 0 saturated carbocycles. The van der Waals surface area contributed by atoms with Crippen molar-refractivity contribution in [1.82, 2.24) is 0 Å². The Balaban J connectivity index is 2.17. The molecule has 0 atom stereocenters. The maximum atomic E-state index is 12.0. The second-order valence-electron chi connectivity index (χ2n) is 6.11. The Morgan fingerprint density at radius 1 is 1.15 bits per heavy atom. The number of rotatable bonds is 7. The van der Waals surface area contributed by atoms with E-state index in [2.05, 4.69) is 6.07 Å². The van der Waals surface area contributed by atoms with Crippen molar-refractivity contribution in [2.24, 2.45) is 0 Å². The molecule has 7 nitrogen and oxygen atoms in total. The number of nitrogens with zero attached hydrogens (tertiary/aromatic N) is 1. The average Bonchev–Trinajstić information content (AvgIpc) is 2.57. The van der Waals surface area contributed by atoms with Gasteiger partial charge in [-0.15, -0.1) is 0 Å². The van der Waals surface area contributed by atoms with E-state index in [0.29, 0.717) is 30.1 Å². The van der Waals surface area contributed by atoms with Crippen LogP contribution in [0.5, 0.6) is 11.5 Å². The molecule has 0 unspecified atom stereocenters. The average molecular weight is 359 g/mol. The fraction of sp³-hybridized carbons (Fsp3) is 0.421. The summed E-state index contributed by atoms with van der Waals surface area (Å²) >= 11 is 0. The third kappa shape index (κ3) is 4.99. The van der Waals surface area contributed by atoms with E-state index in [9.17, 15) is 9.59 Å². The SMILES string of the molecule is COc1ccc(C=C2C(=O)OC(C)(C)OC2=O)cc1OCCCCC#N. The minimum absolute atomic E-state index is 0.186. The number of carbonyl (C=O) groups is 2. The molecule has 1 aromatic carbocycles. The number of unbranched alkanes of at least 4 members (excludes halogenated alkanes) is 2. The van der Waals surface area contributed by atoms with Crippen LogP contribution >= 0.6 is 0 Å². The number of cyclic esters (lactones) is 2. The van der Waals surface area contributed by atoms with Crippen molar-refractivity contribution in [3.05, 3.63) is 29.3 Å². The largest absolute Gasteiger partial charge is 0.493 e. The van der Waals surface area contributed by atoms with E-state index in [-0.39, 0.29) is 5.57 Å². The lowest BCUT2D eigenvalue weighted by Crippen LogP contribution is -2.41. The van der Waals surface area contributed by atoms with Gasteiger partial charge < -0.3 is 18.9 Å². The van der Waals surface area contributed by atoms with Crippen molar-refractivity contribution in [3.8, 4) is 17.6 Å². The van der Waals surface area contributed by atoms with Gasteiger partial charge in [0.1, 0.15) is 5.57 Å². The van der Waals surface area contributed by atoms with Crippen LogP contribution < -0.4 is 9.47 Å². The minimum Gasteiger partial charge on any atom is -0.493 e. The molecule has 1 aliphatic heterocycles. The van der Waals surface area contributed by atoms with Crippen molar-refractivity contribution in [1.29, 1.82) is 5.26 Å². The van der Waals surface area contributed by atoms with E-state index < -0.39 is 17.7 Å². The zero-order valence-electron chi connectivity index (χ0n) is 15.0. The van der Waals surface area contributed by atoms with Crippen LogP contribution in [-0.4, -0.2) is 31.4 Å². The van der Waals surface area contributed by atoms with Gasteiger partial charge in [-0.3, -0.25) is 0 Å². The molecule has 1 fully saturated rings. The van der Waals surface area contributed by atoms with Gasteiger partial charge in [-0.1, -0.05) is 6.07 Å². The zero-order chi connectivity index (χ0) is 19.2. The maximum Gasteiger partial charge on any atom is 0.348 e. The van der Waals surface area contributed by atoms with Crippen molar-refractivity contribution in [2.75, 3.05) is 13.7 Å². The second kappa shape index (κ2) is 8.39. The summed E-state index contributed by atoms with van der Waals surface area (Å²) in [7, 11) is 1.52. The molecule has 1 heterocycles. The van der Waals surface area contributed by atoms with Gasteiger partial charge in [0, 0.05) is 20.3 Å². The zero-order valence-corrected chi connectivity index (χ0v) is 15.0. The van der Waals surface area contributed by atoms with Gasteiger partial charge in [-0.2, -0.15) is 5.26 Å². The number of esters is 2. The molecule has 1 saturated heterocycles. The molecular weight excluding hydrogens is 338 g/mol. The number of carbonyl (C=O) groups excluding carboxylic acids is 2. The van der Waals surface area contributed by atoms with Crippen molar-refractivity contribution < 1.29 is 28.5 Å². The van der Waals surface area contributed by atoms with E-state index >= 15 is 0 Å². The Morgan fingerprint density at radius 3 is 2.46 bits per heavy atom. The summed E-state index contributed by atoms with van der Waals surface area (Å²) in [4.78, 5) is 24.1. The molecule has 0 bridgehead atoms. The summed E-state index contributed by atoms with van der Waals surface area (Å²) in [6.45, 7) is 3.41. The molecule has 0 radical (unpaired) electrons. The number of hydrogen-bond acceptors (Lipinski definition) is 7. The van der Waals surface area contributed by atoms with E-state index in [1.807, 2.05) is 0 Å². The van der Waals surface area contributed by atoms with Crippen molar-refractivity contribution in [2.45, 2.75) is 38.9 Å². The van der Waals surface area contributed by atoms with Crippen molar-refractivity contribution >= 4 is 18.0 Å². The molecule has 0 amide bonds. The Kier molecular flexibility index (Phi) is 6.23. The number of ether oxygens (including phenoxy) is 4. The molecular formula is C19H21NO6. The molecule has 0 spiro atoms. The van der Waals surface area contributed by atoms with Crippen LogP contribution in [0.15, 0.2) is 23.8 Å². The maximum absolute atomic E-state index is 12.0. The quantitative estimate of drug-likeness (QED) is 0.320. The summed E-state index contributed by atoms with van der Waals surface area (Å²) < 4.78 is 21.1. The first kappa shape index (κ1) is 19.3. The van der Waals surface area contributed by atoms with Gasteiger partial charge in [-0.25, -0.2) is 9.59 Å². The summed E-state index contributed by atoms with van der Waals surface area (Å²) in [5.74, 6) is -1.73. The lowest BCUT2D eigenvalue weighted by Gasteiger charge is -2.29. The van der Waals surface area contributed by atoms with Crippen LogP contribution in [0.3, 0.4) is 0 Å². The topological polar surface area (TPSA) is 94.8 Å². The first-order valence-electron chi connectivity index (χ1n) is 8.22. The third-order valence-electron chi connectivity index (χ3n) is 3.56. The predicted molar refractivity (Wildman–Crippen MR) is 92.2 cm³/mol. The normalized spacial score (nSPS) is 15.5. The van der Waals surface area contributed by atoms with Crippen LogP contribution in [0.1, 0.15) is 38.7 Å². The lowest BCUT2D eigenvalue weighted by atomic mass is 10.1. The van der Waals surface area contributed by atoms with Gasteiger partial charge in [0.25, 0.3) is 5.79 Å². The van der Waals surface area contributed by atoms with E-state index in [4.69, 9.17) is 24.2 Å². The molecule has 138 valence electrons. The Hall–Kier alpha value is -3.01. The minimum atomic E-state index is -1.27. The highest BCUT2D eigenvalue weighted by molar-refractivity contribution is 6.18. The van der Waals surface area contributed by atoms with Crippen LogP contribution in [-0.2, 0) is 19.1 Å². The van der Waals surface area contributed by atoms with Crippen molar-refractivity contribution in [3.63, 3.8) is 0 Å². The van der Waals surface area contributed by atoms with Gasteiger partial charge in [0.15, 0.2) is 11.5 Å².